The molecule has 4 rings (SSSR count). The Hall–Kier alpha value is -3.61. The van der Waals surface area contributed by atoms with Crippen LogP contribution in [0, 0.1) is 0 Å². The average Bonchev–Trinajstić information content (AvgIpc) is 3.46. The van der Waals surface area contributed by atoms with Crippen LogP contribution >= 0.6 is 0 Å². The Morgan fingerprint density at radius 2 is 1.84 bits per heavy atom. The summed E-state index contributed by atoms with van der Waals surface area (Å²) in [5.41, 5.74) is 4.62. The number of imidazole rings is 1. The van der Waals surface area contributed by atoms with Crippen molar-refractivity contribution in [2.75, 3.05) is 13.1 Å². The Morgan fingerprint density at radius 1 is 1.00 bits per heavy atom. The molecular weight excluding hydrogens is 386 g/mol. The van der Waals surface area contributed by atoms with Crippen molar-refractivity contribution in [3.63, 3.8) is 0 Å². The Balaban J connectivity index is 1.30. The van der Waals surface area contributed by atoms with Gasteiger partial charge >= 0.3 is 0 Å². The van der Waals surface area contributed by atoms with Gasteiger partial charge in [0, 0.05) is 38.6 Å². The first-order chi connectivity index (χ1) is 15.3. The summed E-state index contributed by atoms with van der Waals surface area (Å²) >= 11 is 0. The molecule has 0 aliphatic carbocycles. The maximum atomic E-state index is 4.72. The molecule has 7 nitrogen and oxygen atoms in total. The molecule has 0 fully saturated rings. The predicted molar refractivity (Wildman–Crippen MR) is 125 cm³/mol. The Labute approximate surface area is 182 Å². The molecule has 0 saturated heterocycles. The van der Waals surface area contributed by atoms with Crippen molar-refractivity contribution in [1.82, 2.24) is 30.0 Å². The SMILES string of the molecule is CCNC(=NCc1ccc(Cn2cnc3ccccc32)cc1)NCCCn1cccn1. The first-order valence-electron chi connectivity index (χ1n) is 10.8. The highest BCUT2D eigenvalue weighted by molar-refractivity contribution is 5.79. The quantitative estimate of drug-likeness (QED) is 0.250. The third kappa shape index (κ3) is 5.72. The summed E-state index contributed by atoms with van der Waals surface area (Å²) in [6.45, 7) is 6.11. The molecule has 0 saturated carbocycles. The van der Waals surface area contributed by atoms with Crippen molar-refractivity contribution in [2.45, 2.75) is 33.0 Å². The standard InChI is InChI=1S/C24H29N7/c1-2-25-24(26-13-5-15-31-16-6-14-29-31)27-17-20-9-11-21(12-10-20)18-30-19-28-22-7-3-4-8-23(22)30/h3-4,6-12,14,16,19H,2,5,13,15,17-18H2,1H3,(H2,25,26,27). The van der Waals surface area contributed by atoms with E-state index in [1.165, 1.54) is 11.1 Å². The highest BCUT2D eigenvalue weighted by Gasteiger charge is 2.03. The van der Waals surface area contributed by atoms with Crippen molar-refractivity contribution in [3.05, 3.63) is 84.4 Å². The van der Waals surface area contributed by atoms with Crippen LogP contribution in [0.15, 0.2) is 78.3 Å². The van der Waals surface area contributed by atoms with E-state index in [0.717, 1.165) is 49.6 Å². The summed E-state index contributed by atoms with van der Waals surface area (Å²) in [7, 11) is 0. The second-order valence-corrected chi connectivity index (χ2v) is 7.42. The number of nitrogens with one attached hydrogen (secondary N) is 2. The number of para-hydroxylation sites is 2. The van der Waals surface area contributed by atoms with Gasteiger partial charge in [0.1, 0.15) is 0 Å². The van der Waals surface area contributed by atoms with Gasteiger partial charge in [-0.25, -0.2) is 9.98 Å². The van der Waals surface area contributed by atoms with Crippen LogP contribution in [0.4, 0.5) is 0 Å². The molecule has 160 valence electrons. The normalized spacial score (nSPS) is 11.7. The first-order valence-corrected chi connectivity index (χ1v) is 10.8. The molecule has 2 aromatic heterocycles. The molecule has 31 heavy (non-hydrogen) atoms. The van der Waals surface area contributed by atoms with Crippen LogP contribution in [0.1, 0.15) is 24.5 Å². The van der Waals surface area contributed by atoms with Crippen molar-refractivity contribution in [3.8, 4) is 0 Å². The molecule has 7 heteroatoms. The van der Waals surface area contributed by atoms with Gasteiger partial charge in [0.05, 0.1) is 23.9 Å². The molecule has 0 unspecified atom stereocenters. The van der Waals surface area contributed by atoms with E-state index in [9.17, 15) is 0 Å². The lowest BCUT2D eigenvalue weighted by atomic mass is 10.1. The number of aryl methyl sites for hydroxylation is 1. The summed E-state index contributed by atoms with van der Waals surface area (Å²) < 4.78 is 4.12. The number of hydrogen-bond donors (Lipinski definition) is 2. The van der Waals surface area contributed by atoms with Crippen LogP contribution < -0.4 is 10.6 Å². The number of aliphatic imine (C=N–C) groups is 1. The van der Waals surface area contributed by atoms with Crippen LogP contribution in [0.3, 0.4) is 0 Å². The van der Waals surface area contributed by atoms with Gasteiger partial charge in [0.15, 0.2) is 5.96 Å². The van der Waals surface area contributed by atoms with Gasteiger partial charge in [-0.3, -0.25) is 4.68 Å². The zero-order valence-corrected chi connectivity index (χ0v) is 17.9. The van der Waals surface area contributed by atoms with E-state index in [0.29, 0.717) is 6.54 Å². The summed E-state index contributed by atoms with van der Waals surface area (Å²) in [6.07, 6.45) is 6.69. The number of rotatable bonds is 9. The van der Waals surface area contributed by atoms with Crippen molar-refractivity contribution < 1.29 is 0 Å². The molecule has 0 atom stereocenters. The summed E-state index contributed by atoms with van der Waals surface area (Å²) in [6, 6.07) is 18.8. The summed E-state index contributed by atoms with van der Waals surface area (Å²) in [4.78, 5) is 9.19. The van der Waals surface area contributed by atoms with E-state index in [1.54, 1.807) is 0 Å². The molecule has 2 aromatic carbocycles. The highest BCUT2D eigenvalue weighted by atomic mass is 15.3. The molecule has 0 aliphatic heterocycles. The average molecular weight is 416 g/mol. The monoisotopic (exact) mass is 415 g/mol. The lowest BCUT2D eigenvalue weighted by Crippen LogP contribution is -2.38. The van der Waals surface area contributed by atoms with Gasteiger partial charge in [0.2, 0.25) is 0 Å². The molecule has 4 aromatic rings. The number of benzene rings is 2. The van der Waals surface area contributed by atoms with E-state index in [4.69, 9.17) is 4.99 Å². The van der Waals surface area contributed by atoms with Crippen LogP contribution in [-0.2, 0) is 19.6 Å². The zero-order chi connectivity index (χ0) is 21.3. The van der Waals surface area contributed by atoms with Crippen molar-refractivity contribution in [2.24, 2.45) is 4.99 Å². The van der Waals surface area contributed by atoms with E-state index in [-0.39, 0.29) is 0 Å². The fourth-order valence-electron chi connectivity index (χ4n) is 3.48. The molecule has 2 N–H and O–H groups in total. The molecule has 2 heterocycles. The highest BCUT2D eigenvalue weighted by Crippen LogP contribution is 2.14. The maximum Gasteiger partial charge on any atom is 0.191 e. The molecule has 0 spiro atoms. The molecule has 0 radical (unpaired) electrons. The van der Waals surface area contributed by atoms with Crippen LogP contribution in [0.2, 0.25) is 0 Å². The van der Waals surface area contributed by atoms with E-state index in [1.807, 2.05) is 41.6 Å². The largest absolute Gasteiger partial charge is 0.357 e. The second kappa shape index (κ2) is 10.4. The van der Waals surface area contributed by atoms with Crippen LogP contribution in [0.25, 0.3) is 11.0 Å². The number of aromatic nitrogens is 4. The molecule has 0 aliphatic rings. The number of hydrogen-bond acceptors (Lipinski definition) is 3. The Bertz CT molecular complexity index is 1090. The minimum absolute atomic E-state index is 0.642. The van der Waals surface area contributed by atoms with Crippen LogP contribution in [-0.4, -0.2) is 38.4 Å². The van der Waals surface area contributed by atoms with Gasteiger partial charge in [-0.2, -0.15) is 5.10 Å². The lowest BCUT2D eigenvalue weighted by Gasteiger charge is -2.11. The first kappa shape index (κ1) is 20.7. The Morgan fingerprint density at radius 3 is 2.65 bits per heavy atom. The van der Waals surface area contributed by atoms with Gasteiger partial charge in [-0.05, 0) is 42.7 Å². The zero-order valence-electron chi connectivity index (χ0n) is 17.9. The summed E-state index contributed by atoms with van der Waals surface area (Å²) in [5, 5.41) is 10.9. The van der Waals surface area contributed by atoms with Gasteiger partial charge in [-0.15, -0.1) is 0 Å². The van der Waals surface area contributed by atoms with Gasteiger partial charge in [0.25, 0.3) is 0 Å². The predicted octanol–water partition coefficient (Wildman–Crippen LogP) is 3.43. The number of guanidine groups is 1. The van der Waals surface area contributed by atoms with Crippen molar-refractivity contribution >= 4 is 17.0 Å². The minimum atomic E-state index is 0.642. The smallest absolute Gasteiger partial charge is 0.191 e. The molecular formula is C24H29N7. The van der Waals surface area contributed by atoms with E-state index >= 15 is 0 Å². The van der Waals surface area contributed by atoms with E-state index < -0.39 is 0 Å². The van der Waals surface area contributed by atoms with Gasteiger partial charge in [-0.1, -0.05) is 36.4 Å². The molecule has 0 amide bonds. The fourth-order valence-corrected chi connectivity index (χ4v) is 3.48. The number of fused-ring (bicyclic) bond motifs is 1. The summed E-state index contributed by atoms with van der Waals surface area (Å²) in [5.74, 6) is 0.844. The van der Waals surface area contributed by atoms with E-state index in [2.05, 4.69) is 68.6 Å². The Kier molecular flexibility index (Phi) is 6.95. The fraction of sp³-hybridized carbons (Fsp3) is 0.292. The number of nitrogens with zero attached hydrogens (tertiary/aromatic N) is 5. The van der Waals surface area contributed by atoms with Crippen molar-refractivity contribution in [1.29, 1.82) is 0 Å². The minimum Gasteiger partial charge on any atom is -0.357 e. The van der Waals surface area contributed by atoms with Crippen LogP contribution in [0.5, 0.6) is 0 Å². The van der Waals surface area contributed by atoms with Gasteiger partial charge < -0.3 is 15.2 Å². The maximum absolute atomic E-state index is 4.72. The lowest BCUT2D eigenvalue weighted by molar-refractivity contribution is 0.570. The third-order valence-corrected chi connectivity index (χ3v) is 5.08. The third-order valence-electron chi connectivity index (χ3n) is 5.08. The topological polar surface area (TPSA) is 72.1 Å². The second-order valence-electron chi connectivity index (χ2n) is 7.42. The molecule has 0 bridgehead atoms.